The molecule has 9 nitrogen and oxygen atoms in total. The third kappa shape index (κ3) is 4.26. The van der Waals surface area contributed by atoms with Crippen LogP contribution in [0.3, 0.4) is 0 Å². The number of amides is 4. The van der Waals surface area contributed by atoms with Gasteiger partial charge >= 0.3 is 18.0 Å². The van der Waals surface area contributed by atoms with E-state index in [0.29, 0.717) is 6.61 Å². The number of nitrogens with zero attached hydrogens (tertiary/aromatic N) is 1. The summed E-state index contributed by atoms with van der Waals surface area (Å²) in [4.78, 5) is 35.4. The summed E-state index contributed by atoms with van der Waals surface area (Å²) in [5.74, 6) is -1.12. The third-order valence-corrected chi connectivity index (χ3v) is 2.88. The lowest BCUT2D eigenvalue weighted by Gasteiger charge is -2.23. The maximum absolute atomic E-state index is 11.6. The Morgan fingerprint density at radius 1 is 1.25 bits per heavy atom. The zero-order valence-electron chi connectivity index (χ0n) is 11.6. The number of carbonyl (C=O) groups excluding carboxylic acids is 2. The summed E-state index contributed by atoms with van der Waals surface area (Å²) in [6.07, 6.45) is 0.229. The van der Waals surface area contributed by atoms with Crippen LogP contribution >= 0.6 is 0 Å². The molecule has 114 valence electrons. The van der Waals surface area contributed by atoms with Crippen LogP contribution in [0.25, 0.3) is 0 Å². The highest BCUT2D eigenvalue weighted by molar-refractivity contribution is 5.86. The van der Waals surface area contributed by atoms with Crippen LogP contribution in [0.1, 0.15) is 6.42 Å². The predicted octanol–water partition coefficient (Wildman–Crippen LogP) is -1.20. The molecule has 20 heavy (non-hydrogen) atoms. The van der Waals surface area contributed by atoms with Gasteiger partial charge in [-0.05, 0) is 0 Å². The molecule has 1 aliphatic rings. The molecule has 1 aliphatic heterocycles. The summed E-state index contributed by atoms with van der Waals surface area (Å²) >= 11 is 0. The van der Waals surface area contributed by atoms with Crippen molar-refractivity contribution in [2.45, 2.75) is 12.0 Å². The van der Waals surface area contributed by atoms with E-state index in [4.69, 9.17) is 9.84 Å². The fraction of sp³-hybridized carbons (Fsp3) is 0.727. The van der Waals surface area contributed by atoms with Crippen LogP contribution in [0.5, 0.6) is 0 Å². The van der Waals surface area contributed by atoms with Crippen LogP contribution < -0.4 is 16.0 Å². The molecule has 0 saturated carbocycles. The fourth-order valence-electron chi connectivity index (χ4n) is 1.65. The molecule has 0 spiro atoms. The number of rotatable bonds is 5. The second-order valence-electron chi connectivity index (χ2n) is 4.70. The van der Waals surface area contributed by atoms with Crippen molar-refractivity contribution in [3.8, 4) is 0 Å². The lowest BCUT2D eigenvalue weighted by Crippen LogP contribution is -2.58. The van der Waals surface area contributed by atoms with E-state index in [1.165, 1.54) is 4.90 Å². The number of hydrogen-bond acceptors (Lipinski definition) is 4. The molecule has 1 atom stereocenters. The standard InChI is InChI=1S/C11H20N4O5/c1-15(2)10(19)13-5-4-12-9(18)14-11(8(16)17)3-6-20-7-11/h3-7H2,1-2H3,(H,13,19)(H,16,17)(H2,12,14,18). The van der Waals surface area contributed by atoms with Crippen LogP contribution in [-0.2, 0) is 9.53 Å². The van der Waals surface area contributed by atoms with Crippen molar-refractivity contribution in [3.63, 3.8) is 0 Å². The zero-order valence-corrected chi connectivity index (χ0v) is 11.6. The van der Waals surface area contributed by atoms with Gasteiger partial charge in [0, 0.05) is 40.2 Å². The summed E-state index contributed by atoms with van der Waals surface area (Å²) in [5, 5.41) is 16.6. The molecule has 1 unspecified atom stereocenters. The first-order valence-electron chi connectivity index (χ1n) is 6.20. The van der Waals surface area contributed by atoms with Gasteiger partial charge in [0.1, 0.15) is 0 Å². The van der Waals surface area contributed by atoms with Gasteiger partial charge in [-0.3, -0.25) is 0 Å². The van der Waals surface area contributed by atoms with Crippen molar-refractivity contribution < 1.29 is 24.2 Å². The number of ether oxygens (including phenoxy) is 1. The number of urea groups is 2. The maximum atomic E-state index is 11.6. The van der Waals surface area contributed by atoms with Gasteiger partial charge in [0.05, 0.1) is 6.61 Å². The second kappa shape index (κ2) is 6.94. The molecule has 1 rings (SSSR count). The molecule has 0 radical (unpaired) electrons. The lowest BCUT2D eigenvalue weighted by atomic mass is 9.99. The molecule has 4 amide bonds. The molecule has 0 aromatic rings. The quantitative estimate of drug-likeness (QED) is 0.474. The average Bonchev–Trinajstić information content (AvgIpc) is 2.84. The number of hydrogen-bond donors (Lipinski definition) is 4. The number of carboxylic acids is 1. The van der Waals surface area contributed by atoms with Gasteiger partial charge in [0.25, 0.3) is 0 Å². The summed E-state index contributed by atoms with van der Waals surface area (Å²) in [6, 6.07) is -0.865. The largest absolute Gasteiger partial charge is 0.479 e. The molecule has 0 aliphatic carbocycles. The monoisotopic (exact) mass is 288 g/mol. The minimum atomic E-state index is -1.36. The van der Waals surface area contributed by atoms with Crippen LogP contribution in [0.15, 0.2) is 0 Å². The molecule has 1 fully saturated rings. The normalized spacial score (nSPS) is 21.1. The molecule has 4 N–H and O–H groups in total. The van der Waals surface area contributed by atoms with Gasteiger partial charge in [0.2, 0.25) is 0 Å². The Labute approximate surface area is 116 Å². The summed E-state index contributed by atoms with van der Waals surface area (Å²) in [7, 11) is 3.21. The molecular weight excluding hydrogens is 268 g/mol. The maximum Gasteiger partial charge on any atom is 0.332 e. The SMILES string of the molecule is CN(C)C(=O)NCCNC(=O)NC1(C(=O)O)CCOC1. The molecule has 9 heteroatoms. The number of aliphatic carboxylic acids is 1. The van der Waals surface area contributed by atoms with Gasteiger partial charge < -0.3 is 30.7 Å². The molecule has 0 aromatic carbocycles. The summed E-state index contributed by atoms with van der Waals surface area (Å²) in [6.45, 7) is 0.696. The van der Waals surface area contributed by atoms with E-state index in [2.05, 4.69) is 16.0 Å². The van der Waals surface area contributed by atoms with Crippen LogP contribution in [0, 0.1) is 0 Å². The molecule has 1 heterocycles. The van der Waals surface area contributed by atoms with Crippen molar-refractivity contribution in [3.05, 3.63) is 0 Å². The summed E-state index contributed by atoms with van der Waals surface area (Å²) < 4.78 is 5.02. The number of nitrogens with one attached hydrogen (secondary N) is 3. The minimum absolute atomic E-state index is 0.0485. The highest BCUT2D eigenvalue weighted by atomic mass is 16.5. The zero-order chi connectivity index (χ0) is 15.2. The highest BCUT2D eigenvalue weighted by Gasteiger charge is 2.43. The second-order valence-corrected chi connectivity index (χ2v) is 4.70. The van der Waals surface area contributed by atoms with Gasteiger partial charge in [-0.1, -0.05) is 0 Å². The Morgan fingerprint density at radius 3 is 2.40 bits per heavy atom. The summed E-state index contributed by atoms with van der Waals surface area (Å²) in [5.41, 5.74) is -1.36. The van der Waals surface area contributed by atoms with E-state index in [1.807, 2.05) is 0 Å². The third-order valence-electron chi connectivity index (χ3n) is 2.88. The van der Waals surface area contributed by atoms with Crippen molar-refractivity contribution in [1.29, 1.82) is 0 Å². The van der Waals surface area contributed by atoms with Gasteiger partial charge in [-0.15, -0.1) is 0 Å². The Bertz CT molecular complexity index is 379. The Morgan fingerprint density at radius 2 is 1.90 bits per heavy atom. The number of carboxylic acid groups (broad SMARTS) is 1. The van der Waals surface area contributed by atoms with Gasteiger partial charge in [-0.2, -0.15) is 0 Å². The van der Waals surface area contributed by atoms with E-state index in [0.717, 1.165) is 0 Å². The molecular formula is C11H20N4O5. The first-order chi connectivity index (χ1) is 9.37. The van der Waals surface area contributed by atoms with Gasteiger partial charge in [-0.25, -0.2) is 14.4 Å². The van der Waals surface area contributed by atoms with Crippen molar-refractivity contribution in [1.82, 2.24) is 20.9 Å². The van der Waals surface area contributed by atoms with E-state index < -0.39 is 17.5 Å². The molecule has 0 bridgehead atoms. The van der Waals surface area contributed by atoms with Crippen LogP contribution in [0.2, 0.25) is 0 Å². The van der Waals surface area contributed by atoms with Crippen LogP contribution in [0.4, 0.5) is 9.59 Å². The smallest absolute Gasteiger partial charge is 0.332 e. The average molecular weight is 288 g/mol. The van der Waals surface area contributed by atoms with Crippen LogP contribution in [-0.4, -0.2) is 74.0 Å². The minimum Gasteiger partial charge on any atom is -0.479 e. The lowest BCUT2D eigenvalue weighted by molar-refractivity contribution is -0.144. The van der Waals surface area contributed by atoms with E-state index in [1.54, 1.807) is 14.1 Å². The van der Waals surface area contributed by atoms with Crippen molar-refractivity contribution in [2.75, 3.05) is 40.4 Å². The highest BCUT2D eigenvalue weighted by Crippen LogP contribution is 2.18. The first kappa shape index (κ1) is 16.0. The topological polar surface area (TPSA) is 120 Å². The first-order valence-corrected chi connectivity index (χ1v) is 6.20. The van der Waals surface area contributed by atoms with Crippen molar-refractivity contribution in [2.24, 2.45) is 0 Å². The Balaban J connectivity index is 2.29. The van der Waals surface area contributed by atoms with E-state index >= 15 is 0 Å². The number of carbonyl (C=O) groups is 3. The van der Waals surface area contributed by atoms with Gasteiger partial charge in [0.15, 0.2) is 5.54 Å². The Kier molecular flexibility index (Phi) is 5.56. The van der Waals surface area contributed by atoms with E-state index in [9.17, 15) is 14.4 Å². The Hall–Kier alpha value is -2.03. The molecule has 1 saturated heterocycles. The molecule has 0 aromatic heterocycles. The predicted molar refractivity (Wildman–Crippen MR) is 69.4 cm³/mol. The van der Waals surface area contributed by atoms with E-state index in [-0.39, 0.29) is 32.1 Å². The van der Waals surface area contributed by atoms with Crippen molar-refractivity contribution >= 4 is 18.0 Å². The fourth-order valence-corrected chi connectivity index (χ4v) is 1.65.